The van der Waals surface area contributed by atoms with Gasteiger partial charge >= 0.3 is 0 Å². The van der Waals surface area contributed by atoms with Crippen LogP contribution in [0, 0.1) is 0 Å². The normalized spacial score (nSPS) is 14.6. The molecule has 4 heteroatoms. The Kier molecular flexibility index (Phi) is 6.01. The third-order valence-electron chi connectivity index (χ3n) is 3.21. The van der Waals surface area contributed by atoms with Crippen molar-refractivity contribution in [3.05, 3.63) is 29.3 Å². The molecule has 0 aromatic heterocycles. The maximum atomic E-state index is 5.43. The molecule has 1 aromatic carbocycles. The van der Waals surface area contributed by atoms with E-state index < -0.39 is 0 Å². The number of benzene rings is 1. The summed E-state index contributed by atoms with van der Waals surface area (Å²) in [6, 6.07) is 7.24. The summed E-state index contributed by atoms with van der Waals surface area (Å²) in [6.07, 6.45) is 2.66. The Labute approximate surface area is 120 Å². The summed E-state index contributed by atoms with van der Waals surface area (Å²) in [5.74, 6) is 2.98. The van der Waals surface area contributed by atoms with Crippen molar-refractivity contribution in [1.82, 2.24) is 5.32 Å². The van der Waals surface area contributed by atoms with Gasteiger partial charge in [0.15, 0.2) is 0 Å². The predicted octanol–water partition coefficient (Wildman–Crippen LogP) is 2.83. The summed E-state index contributed by atoms with van der Waals surface area (Å²) >= 11 is 1.88. The van der Waals surface area contributed by atoms with E-state index in [-0.39, 0.29) is 0 Å². The second-order valence-electron chi connectivity index (χ2n) is 4.85. The number of ether oxygens (including phenoxy) is 2. The molecule has 1 aromatic rings. The molecule has 0 atom stereocenters. The van der Waals surface area contributed by atoms with E-state index >= 15 is 0 Å². The zero-order chi connectivity index (χ0) is 13.5. The molecule has 0 spiro atoms. The lowest BCUT2D eigenvalue weighted by molar-refractivity contribution is 0.218. The van der Waals surface area contributed by atoms with Gasteiger partial charge in [-0.3, -0.25) is 0 Å². The first-order chi connectivity index (χ1) is 9.33. The highest BCUT2D eigenvalue weighted by atomic mass is 32.2. The summed E-state index contributed by atoms with van der Waals surface area (Å²) < 4.78 is 10.5. The lowest BCUT2D eigenvalue weighted by atomic mass is 10.1. The van der Waals surface area contributed by atoms with Gasteiger partial charge in [-0.25, -0.2) is 0 Å². The Morgan fingerprint density at radius 3 is 2.84 bits per heavy atom. The molecule has 2 rings (SSSR count). The standard InChI is InChI=1S/C15H23NO2S/c1-17-7-8-19-11-13-9-12(3-6-15(13)18-2)10-16-14-4-5-14/h3,6,9,14,16H,4-5,7-8,10-11H2,1-2H3. The summed E-state index contributed by atoms with van der Waals surface area (Å²) in [5, 5.41) is 3.55. The molecule has 1 fully saturated rings. The monoisotopic (exact) mass is 281 g/mol. The van der Waals surface area contributed by atoms with E-state index in [1.54, 1.807) is 14.2 Å². The number of nitrogens with one attached hydrogen (secondary N) is 1. The van der Waals surface area contributed by atoms with Crippen molar-refractivity contribution < 1.29 is 9.47 Å². The third-order valence-corrected chi connectivity index (χ3v) is 4.18. The molecule has 1 saturated carbocycles. The first-order valence-corrected chi connectivity index (χ1v) is 7.95. The van der Waals surface area contributed by atoms with Crippen molar-refractivity contribution in [3.8, 4) is 5.75 Å². The highest BCUT2D eigenvalue weighted by Crippen LogP contribution is 2.25. The van der Waals surface area contributed by atoms with E-state index in [1.165, 1.54) is 24.0 Å². The lowest BCUT2D eigenvalue weighted by Crippen LogP contribution is -2.15. The Morgan fingerprint density at radius 2 is 2.16 bits per heavy atom. The Morgan fingerprint density at radius 1 is 1.32 bits per heavy atom. The summed E-state index contributed by atoms with van der Waals surface area (Å²) in [5.41, 5.74) is 2.62. The zero-order valence-corrected chi connectivity index (χ0v) is 12.6. The fourth-order valence-corrected chi connectivity index (χ4v) is 2.80. The van der Waals surface area contributed by atoms with Gasteiger partial charge in [0.2, 0.25) is 0 Å². The van der Waals surface area contributed by atoms with Crippen LogP contribution in [0.1, 0.15) is 24.0 Å². The molecule has 0 saturated heterocycles. The SMILES string of the molecule is COCCSCc1cc(CNC2CC2)ccc1OC. The average molecular weight is 281 g/mol. The molecule has 1 aliphatic carbocycles. The quantitative estimate of drug-likeness (QED) is 0.705. The molecular formula is C15H23NO2S. The minimum absolute atomic E-state index is 0.752. The highest BCUT2D eigenvalue weighted by molar-refractivity contribution is 7.98. The number of hydrogen-bond donors (Lipinski definition) is 1. The molecule has 106 valence electrons. The highest BCUT2D eigenvalue weighted by Gasteiger charge is 2.20. The fourth-order valence-electron chi connectivity index (χ4n) is 1.93. The third kappa shape index (κ3) is 5.05. The average Bonchev–Trinajstić information content (AvgIpc) is 3.26. The predicted molar refractivity (Wildman–Crippen MR) is 80.9 cm³/mol. The fraction of sp³-hybridized carbons (Fsp3) is 0.600. The number of hydrogen-bond acceptors (Lipinski definition) is 4. The van der Waals surface area contributed by atoms with Gasteiger partial charge in [-0.1, -0.05) is 6.07 Å². The van der Waals surface area contributed by atoms with Crippen LogP contribution >= 0.6 is 11.8 Å². The maximum absolute atomic E-state index is 5.43. The van der Waals surface area contributed by atoms with Gasteiger partial charge in [0.05, 0.1) is 13.7 Å². The molecule has 0 aliphatic heterocycles. The van der Waals surface area contributed by atoms with E-state index in [9.17, 15) is 0 Å². The molecule has 3 nitrogen and oxygen atoms in total. The van der Waals surface area contributed by atoms with Crippen molar-refractivity contribution in [2.24, 2.45) is 0 Å². The number of thioether (sulfide) groups is 1. The number of methoxy groups -OCH3 is 2. The molecule has 0 bridgehead atoms. The Balaban J connectivity index is 1.90. The molecule has 19 heavy (non-hydrogen) atoms. The van der Waals surface area contributed by atoms with Gasteiger partial charge in [-0.05, 0) is 30.5 Å². The van der Waals surface area contributed by atoms with Gasteiger partial charge in [-0.2, -0.15) is 11.8 Å². The molecular weight excluding hydrogens is 258 g/mol. The van der Waals surface area contributed by atoms with Gasteiger partial charge in [0, 0.05) is 36.8 Å². The summed E-state index contributed by atoms with van der Waals surface area (Å²) in [4.78, 5) is 0. The largest absolute Gasteiger partial charge is 0.496 e. The second-order valence-corrected chi connectivity index (χ2v) is 5.95. The first-order valence-electron chi connectivity index (χ1n) is 6.79. The van der Waals surface area contributed by atoms with Crippen LogP contribution in [-0.4, -0.2) is 32.6 Å². The topological polar surface area (TPSA) is 30.5 Å². The van der Waals surface area contributed by atoms with Crippen LogP contribution in [0.25, 0.3) is 0 Å². The van der Waals surface area contributed by atoms with E-state index in [0.717, 1.165) is 36.4 Å². The van der Waals surface area contributed by atoms with Crippen LogP contribution < -0.4 is 10.1 Å². The van der Waals surface area contributed by atoms with E-state index in [2.05, 4.69) is 23.5 Å². The van der Waals surface area contributed by atoms with Crippen molar-refractivity contribution >= 4 is 11.8 Å². The smallest absolute Gasteiger partial charge is 0.122 e. The van der Waals surface area contributed by atoms with E-state index in [0.29, 0.717) is 0 Å². The van der Waals surface area contributed by atoms with Gasteiger partial charge < -0.3 is 14.8 Å². The Hall–Kier alpha value is -0.710. The lowest BCUT2D eigenvalue weighted by Gasteiger charge is -2.11. The molecule has 0 amide bonds. The van der Waals surface area contributed by atoms with E-state index in [1.807, 2.05) is 11.8 Å². The summed E-state index contributed by atoms with van der Waals surface area (Å²) in [6.45, 7) is 1.76. The minimum Gasteiger partial charge on any atom is -0.496 e. The second kappa shape index (κ2) is 7.78. The van der Waals surface area contributed by atoms with Gasteiger partial charge in [0.1, 0.15) is 5.75 Å². The molecule has 0 heterocycles. The van der Waals surface area contributed by atoms with Crippen molar-refractivity contribution in [1.29, 1.82) is 0 Å². The van der Waals surface area contributed by atoms with Crippen molar-refractivity contribution in [3.63, 3.8) is 0 Å². The van der Waals surface area contributed by atoms with Gasteiger partial charge in [0.25, 0.3) is 0 Å². The molecule has 0 radical (unpaired) electrons. The maximum Gasteiger partial charge on any atom is 0.122 e. The van der Waals surface area contributed by atoms with Crippen LogP contribution in [0.4, 0.5) is 0 Å². The molecule has 1 N–H and O–H groups in total. The van der Waals surface area contributed by atoms with Crippen molar-refractivity contribution in [2.75, 3.05) is 26.6 Å². The minimum atomic E-state index is 0.752. The number of rotatable bonds is 9. The molecule has 0 unspecified atom stereocenters. The zero-order valence-electron chi connectivity index (χ0n) is 11.8. The van der Waals surface area contributed by atoms with Crippen LogP contribution in [0.2, 0.25) is 0 Å². The van der Waals surface area contributed by atoms with Crippen molar-refractivity contribution in [2.45, 2.75) is 31.2 Å². The van der Waals surface area contributed by atoms with Crippen LogP contribution in [-0.2, 0) is 17.0 Å². The first kappa shape index (κ1) is 14.7. The Bertz CT molecular complexity index is 394. The van der Waals surface area contributed by atoms with Crippen LogP contribution in [0.3, 0.4) is 0 Å². The van der Waals surface area contributed by atoms with E-state index in [4.69, 9.17) is 9.47 Å². The van der Waals surface area contributed by atoms with Crippen LogP contribution in [0.5, 0.6) is 5.75 Å². The van der Waals surface area contributed by atoms with Gasteiger partial charge in [-0.15, -0.1) is 0 Å². The summed E-state index contributed by atoms with van der Waals surface area (Å²) in [7, 11) is 3.48. The molecule has 1 aliphatic rings. The van der Waals surface area contributed by atoms with Crippen LogP contribution in [0.15, 0.2) is 18.2 Å².